The summed E-state index contributed by atoms with van der Waals surface area (Å²) in [5, 5.41) is 3.73. The van der Waals surface area contributed by atoms with Gasteiger partial charge < -0.3 is 11.1 Å². The molecule has 3 fully saturated rings. The van der Waals surface area contributed by atoms with Crippen LogP contribution in [0, 0.1) is 23.7 Å². The largest absolute Gasteiger partial charge is 0.327 e. The standard InChI is InChI=1S/C13H24N2/c1-8-4-11(5-8)15-7-12-9-2-3-10(6-9)13(12)14/h8-13,15H,2-7,14H2,1H3. The summed E-state index contributed by atoms with van der Waals surface area (Å²) in [5.74, 6) is 3.56. The second-order valence-electron chi connectivity index (χ2n) is 6.26. The van der Waals surface area contributed by atoms with Crippen LogP contribution in [0.25, 0.3) is 0 Å². The van der Waals surface area contributed by atoms with Gasteiger partial charge in [0.05, 0.1) is 0 Å². The van der Waals surface area contributed by atoms with E-state index < -0.39 is 0 Å². The van der Waals surface area contributed by atoms with E-state index in [4.69, 9.17) is 5.73 Å². The molecular weight excluding hydrogens is 184 g/mol. The van der Waals surface area contributed by atoms with Crippen molar-refractivity contribution in [3.05, 3.63) is 0 Å². The number of nitrogens with one attached hydrogen (secondary N) is 1. The van der Waals surface area contributed by atoms with Crippen molar-refractivity contribution in [2.75, 3.05) is 6.54 Å². The molecule has 0 aliphatic heterocycles. The van der Waals surface area contributed by atoms with Crippen LogP contribution in [0.15, 0.2) is 0 Å². The molecule has 2 heteroatoms. The molecule has 2 nitrogen and oxygen atoms in total. The lowest BCUT2D eigenvalue weighted by Crippen LogP contribution is -2.47. The number of hydrogen-bond donors (Lipinski definition) is 2. The van der Waals surface area contributed by atoms with Crippen LogP contribution in [-0.2, 0) is 0 Å². The van der Waals surface area contributed by atoms with E-state index in [0.717, 1.165) is 29.7 Å². The quantitative estimate of drug-likeness (QED) is 0.741. The number of hydrogen-bond acceptors (Lipinski definition) is 2. The van der Waals surface area contributed by atoms with Gasteiger partial charge >= 0.3 is 0 Å². The van der Waals surface area contributed by atoms with Gasteiger partial charge in [-0.15, -0.1) is 0 Å². The minimum atomic E-state index is 0.508. The Hall–Kier alpha value is -0.0800. The molecule has 0 spiro atoms. The van der Waals surface area contributed by atoms with E-state index in [1.54, 1.807) is 0 Å². The Morgan fingerprint density at radius 3 is 2.47 bits per heavy atom. The highest BCUT2D eigenvalue weighted by Gasteiger charge is 2.45. The molecule has 0 heterocycles. The number of nitrogens with two attached hydrogens (primary N) is 1. The van der Waals surface area contributed by atoms with Crippen LogP contribution in [0.5, 0.6) is 0 Å². The van der Waals surface area contributed by atoms with E-state index in [1.165, 1.54) is 38.6 Å². The maximum atomic E-state index is 6.30. The van der Waals surface area contributed by atoms with Crippen molar-refractivity contribution < 1.29 is 0 Å². The van der Waals surface area contributed by atoms with Crippen molar-refractivity contribution >= 4 is 0 Å². The van der Waals surface area contributed by atoms with Crippen LogP contribution in [-0.4, -0.2) is 18.6 Å². The molecule has 0 saturated heterocycles. The van der Waals surface area contributed by atoms with E-state index in [-0.39, 0.29) is 0 Å². The van der Waals surface area contributed by atoms with Crippen molar-refractivity contribution in [2.45, 2.75) is 51.1 Å². The number of fused-ring (bicyclic) bond motifs is 2. The predicted octanol–water partition coefficient (Wildman–Crippen LogP) is 1.75. The Labute approximate surface area is 93.0 Å². The first-order chi connectivity index (χ1) is 7.24. The highest BCUT2D eigenvalue weighted by atomic mass is 14.9. The van der Waals surface area contributed by atoms with Gasteiger partial charge in [0.25, 0.3) is 0 Å². The minimum absolute atomic E-state index is 0.508. The van der Waals surface area contributed by atoms with Crippen LogP contribution in [0.2, 0.25) is 0 Å². The highest BCUT2D eigenvalue weighted by Crippen LogP contribution is 2.47. The average Bonchev–Trinajstić information content (AvgIpc) is 2.72. The summed E-state index contributed by atoms with van der Waals surface area (Å²) in [4.78, 5) is 0. The maximum Gasteiger partial charge on any atom is 0.0110 e. The summed E-state index contributed by atoms with van der Waals surface area (Å²) in [6.07, 6.45) is 7.05. The molecule has 15 heavy (non-hydrogen) atoms. The minimum Gasteiger partial charge on any atom is -0.327 e. The number of rotatable bonds is 3. The summed E-state index contributed by atoms with van der Waals surface area (Å²) < 4.78 is 0. The van der Waals surface area contributed by atoms with Crippen molar-refractivity contribution in [3.8, 4) is 0 Å². The van der Waals surface area contributed by atoms with E-state index in [9.17, 15) is 0 Å². The molecule has 0 amide bonds. The van der Waals surface area contributed by atoms with Crippen LogP contribution >= 0.6 is 0 Å². The fourth-order valence-electron chi connectivity index (χ4n) is 4.13. The second kappa shape index (κ2) is 3.74. The van der Waals surface area contributed by atoms with Crippen LogP contribution in [0.4, 0.5) is 0 Å². The topological polar surface area (TPSA) is 38.0 Å². The molecule has 0 aromatic rings. The molecule has 3 saturated carbocycles. The van der Waals surface area contributed by atoms with Crippen LogP contribution in [0.1, 0.15) is 39.0 Å². The molecular formula is C13H24N2. The monoisotopic (exact) mass is 208 g/mol. The van der Waals surface area contributed by atoms with Crippen LogP contribution in [0.3, 0.4) is 0 Å². The molecule has 0 aromatic carbocycles. The summed E-state index contributed by atoms with van der Waals surface area (Å²) in [5.41, 5.74) is 6.30. The molecule has 3 aliphatic rings. The zero-order valence-electron chi connectivity index (χ0n) is 9.78. The molecule has 4 atom stereocenters. The van der Waals surface area contributed by atoms with Crippen molar-refractivity contribution in [1.82, 2.24) is 5.32 Å². The Bertz CT molecular complexity index is 233. The fourth-order valence-corrected chi connectivity index (χ4v) is 4.13. The first kappa shape index (κ1) is 10.1. The Balaban J connectivity index is 1.47. The normalized spacial score (nSPS) is 53.2. The third-order valence-electron chi connectivity index (χ3n) is 5.17. The van der Waals surface area contributed by atoms with E-state index in [2.05, 4.69) is 12.2 Å². The lowest BCUT2D eigenvalue weighted by molar-refractivity contribution is 0.206. The van der Waals surface area contributed by atoms with Gasteiger partial charge in [-0.2, -0.15) is 0 Å². The van der Waals surface area contributed by atoms with Gasteiger partial charge in [-0.05, 0) is 62.3 Å². The second-order valence-corrected chi connectivity index (χ2v) is 6.26. The Morgan fingerprint density at radius 1 is 1.13 bits per heavy atom. The summed E-state index contributed by atoms with van der Waals surface area (Å²) >= 11 is 0. The van der Waals surface area contributed by atoms with E-state index in [1.807, 2.05) is 0 Å². The molecule has 3 N–H and O–H groups in total. The Morgan fingerprint density at radius 2 is 1.87 bits per heavy atom. The first-order valence-electron chi connectivity index (χ1n) is 6.73. The summed E-state index contributed by atoms with van der Waals surface area (Å²) in [7, 11) is 0. The van der Waals surface area contributed by atoms with Gasteiger partial charge in [0.1, 0.15) is 0 Å². The molecule has 0 aromatic heterocycles. The van der Waals surface area contributed by atoms with E-state index in [0.29, 0.717) is 6.04 Å². The van der Waals surface area contributed by atoms with Crippen LogP contribution < -0.4 is 11.1 Å². The highest BCUT2D eigenvalue weighted by molar-refractivity contribution is 5.00. The van der Waals surface area contributed by atoms with Gasteiger partial charge in [-0.3, -0.25) is 0 Å². The van der Waals surface area contributed by atoms with Gasteiger partial charge in [0, 0.05) is 12.1 Å². The molecule has 3 aliphatic carbocycles. The lowest BCUT2D eigenvalue weighted by atomic mass is 9.80. The summed E-state index contributed by atoms with van der Waals surface area (Å²) in [6.45, 7) is 3.54. The third kappa shape index (κ3) is 1.72. The average molecular weight is 208 g/mol. The molecule has 3 rings (SSSR count). The van der Waals surface area contributed by atoms with Crippen molar-refractivity contribution in [3.63, 3.8) is 0 Å². The van der Waals surface area contributed by atoms with Crippen molar-refractivity contribution in [2.24, 2.45) is 29.4 Å². The van der Waals surface area contributed by atoms with Gasteiger partial charge in [0.15, 0.2) is 0 Å². The lowest BCUT2D eigenvalue weighted by Gasteiger charge is -2.36. The molecule has 2 bridgehead atoms. The molecule has 86 valence electrons. The first-order valence-corrected chi connectivity index (χ1v) is 6.73. The molecule has 0 radical (unpaired) electrons. The van der Waals surface area contributed by atoms with Gasteiger partial charge in [0.2, 0.25) is 0 Å². The van der Waals surface area contributed by atoms with Gasteiger partial charge in [-0.25, -0.2) is 0 Å². The molecule has 4 unspecified atom stereocenters. The Kier molecular flexibility index (Phi) is 2.52. The zero-order valence-corrected chi connectivity index (χ0v) is 9.78. The maximum absolute atomic E-state index is 6.30. The predicted molar refractivity (Wildman–Crippen MR) is 62.5 cm³/mol. The summed E-state index contributed by atoms with van der Waals surface area (Å²) in [6, 6.07) is 1.32. The zero-order chi connectivity index (χ0) is 10.4. The fraction of sp³-hybridized carbons (Fsp3) is 1.00. The van der Waals surface area contributed by atoms with Gasteiger partial charge in [-0.1, -0.05) is 6.92 Å². The van der Waals surface area contributed by atoms with E-state index >= 15 is 0 Å². The third-order valence-corrected chi connectivity index (χ3v) is 5.17. The van der Waals surface area contributed by atoms with Crippen molar-refractivity contribution in [1.29, 1.82) is 0 Å². The smallest absolute Gasteiger partial charge is 0.0110 e. The SMILES string of the molecule is CC1CC(NCC2C3CCC(C3)C2N)C1.